The van der Waals surface area contributed by atoms with Gasteiger partial charge in [0.1, 0.15) is 0 Å². The first-order chi connectivity index (χ1) is 14.3. The van der Waals surface area contributed by atoms with E-state index in [0.29, 0.717) is 12.5 Å². The molecule has 1 aliphatic heterocycles. The fraction of sp³-hybridized carbons (Fsp3) is 0.250. The van der Waals surface area contributed by atoms with E-state index in [1.54, 1.807) is 0 Å². The Morgan fingerprint density at radius 3 is 2.48 bits per heavy atom. The van der Waals surface area contributed by atoms with Gasteiger partial charge in [-0.05, 0) is 48.6 Å². The summed E-state index contributed by atoms with van der Waals surface area (Å²) in [5.74, 6) is 0.696. The van der Waals surface area contributed by atoms with Gasteiger partial charge in [0.2, 0.25) is 5.95 Å². The first-order valence-electron chi connectivity index (χ1n) is 10.1. The summed E-state index contributed by atoms with van der Waals surface area (Å²) in [5, 5.41) is 0.726. The SMILES string of the molecule is Clc1ccc(-c2cnc(/N=C\C=C\N3CCCCC3)n2Cc2ccccc2)cc1. The highest BCUT2D eigenvalue weighted by Gasteiger charge is 2.11. The highest BCUT2D eigenvalue weighted by molar-refractivity contribution is 6.30. The summed E-state index contributed by atoms with van der Waals surface area (Å²) < 4.78 is 2.14. The minimum absolute atomic E-state index is 0.696. The van der Waals surface area contributed by atoms with Gasteiger partial charge in [-0.1, -0.05) is 54.1 Å². The Bertz CT molecular complexity index is 968. The van der Waals surface area contributed by atoms with Gasteiger partial charge in [-0.3, -0.25) is 0 Å². The molecule has 5 heteroatoms. The number of allylic oxidation sites excluding steroid dienone is 1. The van der Waals surface area contributed by atoms with Crippen molar-refractivity contribution in [2.45, 2.75) is 25.8 Å². The number of hydrogen-bond donors (Lipinski definition) is 0. The standard InChI is InChI=1S/C24H25ClN4/c25-22-12-10-21(11-13-22)23-18-27-24(29(23)19-20-8-3-1-4-9-20)26-14-7-17-28-15-5-2-6-16-28/h1,3-4,7-14,17-18H,2,5-6,15-16,19H2/b17-7+,26-14-. The van der Waals surface area contributed by atoms with E-state index >= 15 is 0 Å². The second kappa shape index (κ2) is 9.57. The van der Waals surface area contributed by atoms with Gasteiger partial charge in [0.05, 0.1) is 18.4 Å². The van der Waals surface area contributed by atoms with Crippen molar-refractivity contribution < 1.29 is 0 Å². The van der Waals surface area contributed by atoms with Crippen molar-refractivity contribution >= 4 is 23.8 Å². The average Bonchev–Trinajstić information content (AvgIpc) is 3.15. The molecule has 1 fully saturated rings. The van der Waals surface area contributed by atoms with Crippen molar-refractivity contribution in [3.8, 4) is 11.3 Å². The topological polar surface area (TPSA) is 33.4 Å². The maximum Gasteiger partial charge on any atom is 0.230 e. The lowest BCUT2D eigenvalue weighted by Gasteiger charge is -2.24. The summed E-state index contributed by atoms with van der Waals surface area (Å²) in [5.41, 5.74) is 3.31. The third-order valence-electron chi connectivity index (χ3n) is 5.12. The minimum atomic E-state index is 0.696. The fourth-order valence-electron chi connectivity index (χ4n) is 3.58. The van der Waals surface area contributed by atoms with Crippen LogP contribution in [0.4, 0.5) is 5.95 Å². The lowest BCUT2D eigenvalue weighted by atomic mass is 10.1. The Balaban J connectivity index is 1.59. The number of aliphatic imine (C=N–C) groups is 1. The molecule has 0 unspecified atom stereocenters. The predicted octanol–water partition coefficient (Wildman–Crippen LogP) is 5.95. The van der Waals surface area contributed by atoms with Crippen LogP contribution < -0.4 is 0 Å². The van der Waals surface area contributed by atoms with Gasteiger partial charge in [-0.25, -0.2) is 9.98 Å². The molecule has 4 rings (SSSR count). The van der Waals surface area contributed by atoms with E-state index in [9.17, 15) is 0 Å². The van der Waals surface area contributed by atoms with E-state index in [0.717, 1.165) is 29.4 Å². The van der Waals surface area contributed by atoms with Gasteiger partial charge < -0.3 is 9.47 Å². The zero-order valence-electron chi connectivity index (χ0n) is 16.4. The van der Waals surface area contributed by atoms with Gasteiger partial charge in [0.15, 0.2) is 0 Å². The molecular formula is C24H25ClN4. The lowest BCUT2D eigenvalue weighted by molar-refractivity contribution is 0.310. The van der Waals surface area contributed by atoms with Gasteiger partial charge in [0.25, 0.3) is 0 Å². The zero-order valence-corrected chi connectivity index (χ0v) is 17.2. The number of piperidine rings is 1. The highest BCUT2D eigenvalue weighted by Crippen LogP contribution is 2.27. The van der Waals surface area contributed by atoms with Crippen LogP contribution in [0.1, 0.15) is 24.8 Å². The Morgan fingerprint density at radius 1 is 0.966 bits per heavy atom. The molecule has 29 heavy (non-hydrogen) atoms. The van der Waals surface area contributed by atoms with Crippen molar-refractivity contribution in [1.82, 2.24) is 14.5 Å². The number of imidazole rings is 1. The molecule has 4 nitrogen and oxygen atoms in total. The van der Waals surface area contributed by atoms with Gasteiger partial charge in [-0.15, -0.1) is 0 Å². The second-order valence-corrected chi connectivity index (χ2v) is 7.67. The number of aromatic nitrogens is 2. The van der Waals surface area contributed by atoms with Crippen molar-refractivity contribution in [2.75, 3.05) is 13.1 Å². The van der Waals surface area contributed by atoms with E-state index < -0.39 is 0 Å². The Kier molecular flexibility index (Phi) is 6.42. The maximum absolute atomic E-state index is 6.06. The largest absolute Gasteiger partial charge is 0.377 e. The molecule has 0 aliphatic carbocycles. The molecule has 148 valence electrons. The molecule has 0 atom stereocenters. The van der Waals surface area contributed by atoms with Crippen LogP contribution in [0.2, 0.25) is 5.02 Å². The molecule has 0 spiro atoms. The summed E-state index contributed by atoms with van der Waals surface area (Å²) in [6, 6.07) is 18.2. The molecule has 1 aliphatic rings. The molecule has 1 aromatic heterocycles. The molecule has 1 saturated heterocycles. The van der Waals surface area contributed by atoms with Crippen LogP contribution in [-0.2, 0) is 6.54 Å². The maximum atomic E-state index is 6.06. The number of nitrogens with zero attached hydrogens (tertiary/aromatic N) is 4. The number of benzene rings is 2. The number of halogens is 1. The zero-order chi connectivity index (χ0) is 19.9. The van der Waals surface area contributed by atoms with Crippen molar-refractivity contribution in [3.63, 3.8) is 0 Å². The quantitative estimate of drug-likeness (QED) is 0.475. The second-order valence-electron chi connectivity index (χ2n) is 7.24. The third-order valence-corrected chi connectivity index (χ3v) is 5.37. The van der Waals surface area contributed by atoms with Crippen LogP contribution in [0, 0.1) is 0 Å². The summed E-state index contributed by atoms with van der Waals surface area (Å²) in [7, 11) is 0. The van der Waals surface area contributed by atoms with Gasteiger partial charge in [0, 0.05) is 30.5 Å². The monoisotopic (exact) mass is 404 g/mol. The van der Waals surface area contributed by atoms with E-state index in [4.69, 9.17) is 11.6 Å². The summed E-state index contributed by atoms with van der Waals surface area (Å²) in [4.78, 5) is 11.6. The normalized spacial score (nSPS) is 14.9. The molecule has 3 aromatic rings. The van der Waals surface area contributed by atoms with Crippen LogP contribution in [0.5, 0.6) is 0 Å². The van der Waals surface area contributed by atoms with Crippen LogP contribution in [0.3, 0.4) is 0 Å². The molecule has 0 radical (unpaired) electrons. The summed E-state index contributed by atoms with van der Waals surface area (Å²) in [6.07, 6.45) is 11.7. The summed E-state index contributed by atoms with van der Waals surface area (Å²) >= 11 is 6.06. The van der Waals surface area contributed by atoms with Crippen molar-refractivity contribution in [1.29, 1.82) is 0 Å². The van der Waals surface area contributed by atoms with Crippen LogP contribution >= 0.6 is 11.6 Å². The molecule has 0 bridgehead atoms. The minimum Gasteiger partial charge on any atom is -0.377 e. The Labute approximate surface area is 177 Å². The Hall–Kier alpha value is -2.85. The number of rotatable bonds is 6. The highest BCUT2D eigenvalue weighted by atomic mass is 35.5. The van der Waals surface area contributed by atoms with E-state index in [1.807, 2.05) is 48.8 Å². The first-order valence-corrected chi connectivity index (χ1v) is 10.5. The van der Waals surface area contributed by atoms with Crippen LogP contribution in [0.15, 0.2) is 78.1 Å². The molecule has 2 heterocycles. The third kappa shape index (κ3) is 5.15. The van der Waals surface area contributed by atoms with Crippen molar-refractivity contribution in [2.24, 2.45) is 4.99 Å². The van der Waals surface area contributed by atoms with E-state index in [2.05, 4.69) is 49.9 Å². The van der Waals surface area contributed by atoms with E-state index in [1.165, 1.54) is 24.8 Å². The average molecular weight is 405 g/mol. The first kappa shape index (κ1) is 19.5. The molecule has 0 saturated carbocycles. The molecule has 0 N–H and O–H groups in total. The number of hydrogen-bond acceptors (Lipinski definition) is 3. The predicted molar refractivity (Wildman–Crippen MR) is 121 cm³/mol. The molecule has 0 amide bonds. The lowest BCUT2D eigenvalue weighted by Crippen LogP contribution is -2.24. The van der Waals surface area contributed by atoms with Gasteiger partial charge in [-0.2, -0.15) is 0 Å². The smallest absolute Gasteiger partial charge is 0.230 e. The molecule has 2 aromatic carbocycles. The fourth-order valence-corrected chi connectivity index (χ4v) is 3.71. The van der Waals surface area contributed by atoms with Crippen LogP contribution in [0.25, 0.3) is 11.3 Å². The van der Waals surface area contributed by atoms with Crippen molar-refractivity contribution in [3.05, 3.63) is 83.7 Å². The number of likely N-dealkylation sites (tertiary alicyclic amines) is 1. The summed E-state index contributed by atoms with van der Waals surface area (Å²) in [6.45, 7) is 2.97. The van der Waals surface area contributed by atoms with Crippen LogP contribution in [-0.4, -0.2) is 33.8 Å². The van der Waals surface area contributed by atoms with E-state index in [-0.39, 0.29) is 0 Å². The molecular weight excluding hydrogens is 380 g/mol. The Morgan fingerprint density at radius 2 is 1.72 bits per heavy atom. The van der Waals surface area contributed by atoms with Gasteiger partial charge >= 0.3 is 0 Å².